The van der Waals surface area contributed by atoms with Gasteiger partial charge in [-0.2, -0.15) is 0 Å². The molecule has 0 fully saturated rings. The number of rotatable bonds is 4. The summed E-state index contributed by atoms with van der Waals surface area (Å²) in [7, 11) is 0. The smallest absolute Gasteiger partial charge is 0.231 e. The number of hydrogen-bond acceptors (Lipinski definition) is 4. The SMILES string of the molecule is CCn1cc(/C=C2\Oc3c(ccc4c3CN(Cc3ccc(Cl)cc3)CO4)C2=O)c2ccccc21. The Labute approximate surface area is 202 Å². The summed E-state index contributed by atoms with van der Waals surface area (Å²) in [5, 5.41) is 1.82. The van der Waals surface area contributed by atoms with Gasteiger partial charge in [-0.05, 0) is 48.9 Å². The standard InChI is InChI=1S/C28H23ClN2O3/c1-2-31-15-19(21-5-3-4-6-24(21)31)13-26-27(32)22-11-12-25-23(28(22)34-26)16-30(17-33-25)14-18-7-9-20(29)10-8-18/h3-13,15H,2,14,16-17H2,1H3/b26-13-. The number of fused-ring (bicyclic) bond motifs is 4. The first-order valence-electron chi connectivity index (χ1n) is 11.4. The summed E-state index contributed by atoms with van der Waals surface area (Å²) in [6, 6.07) is 19.7. The second kappa shape index (κ2) is 8.35. The first-order chi connectivity index (χ1) is 16.6. The molecule has 5 nitrogen and oxygen atoms in total. The second-order valence-corrected chi connectivity index (χ2v) is 9.07. The van der Waals surface area contributed by atoms with E-state index in [0.717, 1.165) is 44.9 Å². The molecule has 6 rings (SSSR count). The molecule has 3 heterocycles. The molecule has 0 saturated heterocycles. The lowest BCUT2D eigenvalue weighted by molar-refractivity contribution is 0.0873. The Morgan fingerprint density at radius 1 is 1.06 bits per heavy atom. The Morgan fingerprint density at radius 2 is 1.88 bits per heavy atom. The zero-order chi connectivity index (χ0) is 23.2. The Morgan fingerprint density at radius 3 is 2.71 bits per heavy atom. The normalized spacial score (nSPS) is 16.4. The lowest BCUT2D eigenvalue weighted by Gasteiger charge is -2.29. The summed E-state index contributed by atoms with van der Waals surface area (Å²) in [4.78, 5) is 15.4. The molecule has 0 saturated carbocycles. The minimum absolute atomic E-state index is 0.0963. The van der Waals surface area contributed by atoms with Crippen molar-refractivity contribution < 1.29 is 14.3 Å². The predicted molar refractivity (Wildman–Crippen MR) is 133 cm³/mol. The number of carbonyl (C=O) groups is 1. The maximum Gasteiger partial charge on any atom is 0.231 e. The molecule has 0 atom stereocenters. The van der Waals surface area contributed by atoms with Gasteiger partial charge in [-0.25, -0.2) is 0 Å². The molecule has 0 N–H and O–H groups in total. The van der Waals surface area contributed by atoms with E-state index in [1.54, 1.807) is 0 Å². The van der Waals surface area contributed by atoms with E-state index in [9.17, 15) is 4.79 Å². The van der Waals surface area contributed by atoms with E-state index in [1.165, 1.54) is 0 Å². The number of ketones is 1. The van der Waals surface area contributed by atoms with Gasteiger partial charge in [0, 0.05) is 47.3 Å². The van der Waals surface area contributed by atoms with E-state index in [-0.39, 0.29) is 5.78 Å². The van der Waals surface area contributed by atoms with Crippen LogP contribution in [0.25, 0.3) is 17.0 Å². The topological polar surface area (TPSA) is 43.7 Å². The maximum absolute atomic E-state index is 13.2. The monoisotopic (exact) mass is 470 g/mol. The first-order valence-corrected chi connectivity index (χ1v) is 11.8. The summed E-state index contributed by atoms with van der Waals surface area (Å²) in [5.74, 6) is 1.62. The molecule has 3 aromatic carbocycles. The summed E-state index contributed by atoms with van der Waals surface area (Å²) >= 11 is 6.02. The van der Waals surface area contributed by atoms with Crippen LogP contribution in [0.15, 0.2) is 72.6 Å². The van der Waals surface area contributed by atoms with Gasteiger partial charge in [0.05, 0.1) is 11.1 Å². The van der Waals surface area contributed by atoms with E-state index < -0.39 is 0 Å². The molecular weight excluding hydrogens is 448 g/mol. The molecule has 0 bridgehead atoms. The summed E-state index contributed by atoms with van der Waals surface area (Å²) < 4.78 is 14.4. The van der Waals surface area contributed by atoms with E-state index in [1.807, 2.05) is 54.6 Å². The predicted octanol–water partition coefficient (Wildman–Crippen LogP) is 6.28. The lowest BCUT2D eigenvalue weighted by Crippen LogP contribution is -2.31. The molecule has 2 aliphatic heterocycles. The molecule has 0 amide bonds. The van der Waals surface area contributed by atoms with Crippen molar-refractivity contribution in [1.29, 1.82) is 0 Å². The van der Waals surface area contributed by atoms with Crippen LogP contribution in [-0.4, -0.2) is 22.0 Å². The van der Waals surface area contributed by atoms with Crippen LogP contribution in [0.3, 0.4) is 0 Å². The third-order valence-corrected chi connectivity index (χ3v) is 6.70. The van der Waals surface area contributed by atoms with Crippen molar-refractivity contribution in [3.05, 3.63) is 99.9 Å². The van der Waals surface area contributed by atoms with Gasteiger partial charge in [0.25, 0.3) is 0 Å². The molecule has 170 valence electrons. The third kappa shape index (κ3) is 3.58. The molecule has 1 aromatic heterocycles. The Hall–Kier alpha value is -3.54. The van der Waals surface area contributed by atoms with Crippen molar-refractivity contribution >= 4 is 34.4 Å². The van der Waals surface area contributed by atoms with Crippen molar-refractivity contribution in [3.63, 3.8) is 0 Å². The zero-order valence-electron chi connectivity index (χ0n) is 18.8. The van der Waals surface area contributed by atoms with Crippen LogP contribution in [0.1, 0.15) is 34.0 Å². The van der Waals surface area contributed by atoms with Crippen LogP contribution in [-0.2, 0) is 19.6 Å². The number of allylic oxidation sites excluding steroid dienone is 1. The lowest BCUT2D eigenvalue weighted by atomic mass is 10.0. The van der Waals surface area contributed by atoms with Gasteiger partial charge in [-0.1, -0.05) is 41.9 Å². The van der Waals surface area contributed by atoms with Crippen molar-refractivity contribution in [1.82, 2.24) is 9.47 Å². The number of para-hydroxylation sites is 1. The quantitative estimate of drug-likeness (QED) is 0.329. The van der Waals surface area contributed by atoms with Crippen LogP contribution in [0.5, 0.6) is 11.5 Å². The van der Waals surface area contributed by atoms with Gasteiger partial charge in [0.15, 0.2) is 5.76 Å². The molecule has 34 heavy (non-hydrogen) atoms. The van der Waals surface area contributed by atoms with Crippen molar-refractivity contribution in [2.45, 2.75) is 26.6 Å². The number of Topliss-reactive ketones (excluding diaryl/α,β-unsaturated/α-hetero) is 1. The van der Waals surface area contributed by atoms with Gasteiger partial charge in [-0.15, -0.1) is 0 Å². The summed E-state index contributed by atoms with van der Waals surface area (Å²) in [6.07, 6.45) is 3.93. The minimum Gasteiger partial charge on any atom is -0.478 e. The highest BCUT2D eigenvalue weighted by atomic mass is 35.5. The fraction of sp³-hybridized carbons (Fsp3) is 0.179. The zero-order valence-corrected chi connectivity index (χ0v) is 19.5. The Balaban J connectivity index is 1.32. The molecular formula is C28H23ClN2O3. The van der Waals surface area contributed by atoms with Crippen LogP contribution in [0, 0.1) is 0 Å². The maximum atomic E-state index is 13.2. The van der Waals surface area contributed by atoms with Crippen LogP contribution < -0.4 is 9.47 Å². The van der Waals surface area contributed by atoms with Gasteiger partial charge >= 0.3 is 0 Å². The van der Waals surface area contributed by atoms with Crippen molar-refractivity contribution in [3.8, 4) is 11.5 Å². The van der Waals surface area contributed by atoms with E-state index in [2.05, 4.69) is 34.7 Å². The average Bonchev–Trinajstić information content (AvgIpc) is 3.38. The van der Waals surface area contributed by atoms with Crippen LogP contribution in [0.4, 0.5) is 0 Å². The number of aromatic nitrogens is 1. The first kappa shape index (κ1) is 21.0. The highest BCUT2D eigenvalue weighted by molar-refractivity contribution is 6.30. The Bertz CT molecular complexity index is 1450. The summed E-state index contributed by atoms with van der Waals surface area (Å²) in [5.41, 5.74) is 4.76. The number of nitrogens with zero attached hydrogens (tertiary/aromatic N) is 2. The highest BCUT2D eigenvalue weighted by Gasteiger charge is 2.33. The highest BCUT2D eigenvalue weighted by Crippen LogP contribution is 2.42. The van der Waals surface area contributed by atoms with Crippen molar-refractivity contribution in [2.75, 3.05) is 6.73 Å². The van der Waals surface area contributed by atoms with E-state index in [4.69, 9.17) is 21.1 Å². The van der Waals surface area contributed by atoms with Gasteiger partial charge < -0.3 is 14.0 Å². The van der Waals surface area contributed by atoms with Gasteiger partial charge in [-0.3, -0.25) is 9.69 Å². The van der Waals surface area contributed by atoms with Crippen molar-refractivity contribution in [2.24, 2.45) is 0 Å². The minimum atomic E-state index is -0.0963. The number of halogens is 1. The third-order valence-electron chi connectivity index (χ3n) is 6.45. The molecule has 0 spiro atoms. The molecule has 6 heteroatoms. The fourth-order valence-electron chi connectivity index (χ4n) is 4.75. The van der Waals surface area contributed by atoms with Gasteiger partial charge in [0.1, 0.15) is 18.2 Å². The molecule has 0 radical (unpaired) electrons. The average molecular weight is 471 g/mol. The number of hydrogen-bond donors (Lipinski definition) is 0. The van der Waals surface area contributed by atoms with Crippen LogP contribution in [0.2, 0.25) is 5.02 Å². The Kier molecular flexibility index (Phi) is 5.16. The largest absolute Gasteiger partial charge is 0.478 e. The molecule has 0 aliphatic carbocycles. The van der Waals surface area contributed by atoms with Gasteiger partial charge in [0.2, 0.25) is 5.78 Å². The number of benzene rings is 3. The van der Waals surface area contributed by atoms with E-state index in [0.29, 0.717) is 36.9 Å². The van der Waals surface area contributed by atoms with E-state index >= 15 is 0 Å². The summed E-state index contributed by atoms with van der Waals surface area (Å²) in [6.45, 7) is 4.79. The fourth-order valence-corrected chi connectivity index (χ4v) is 4.87. The second-order valence-electron chi connectivity index (χ2n) is 8.63. The number of carbonyl (C=O) groups excluding carboxylic acids is 1. The number of aryl methyl sites for hydroxylation is 1. The molecule has 4 aromatic rings. The number of ether oxygens (including phenoxy) is 2. The molecule has 2 aliphatic rings. The molecule has 0 unspecified atom stereocenters. The van der Waals surface area contributed by atoms with Crippen LogP contribution >= 0.6 is 11.6 Å².